The minimum atomic E-state index is -4.24. The van der Waals surface area contributed by atoms with Gasteiger partial charge in [0.2, 0.25) is 5.91 Å². The highest BCUT2D eigenvalue weighted by Gasteiger charge is 2.34. The Labute approximate surface area is 137 Å². The second kappa shape index (κ2) is 6.76. The molecule has 1 aromatic heterocycles. The number of carbonyl (C=O) groups is 1. The zero-order valence-corrected chi connectivity index (χ0v) is 13.0. The van der Waals surface area contributed by atoms with E-state index in [2.05, 4.69) is 10.3 Å². The van der Waals surface area contributed by atoms with Gasteiger partial charge in [-0.25, -0.2) is 0 Å². The molecule has 2 aromatic rings. The molecule has 1 aliphatic rings. The van der Waals surface area contributed by atoms with Gasteiger partial charge in [-0.2, -0.15) is 13.2 Å². The van der Waals surface area contributed by atoms with E-state index in [9.17, 15) is 18.0 Å². The van der Waals surface area contributed by atoms with E-state index in [1.807, 2.05) is 12.1 Å². The normalized spacial score (nSPS) is 19.4. The van der Waals surface area contributed by atoms with Crippen LogP contribution in [0.15, 0.2) is 36.5 Å². The Morgan fingerprint density at radius 3 is 2.92 bits per heavy atom. The van der Waals surface area contributed by atoms with Crippen LogP contribution in [0, 0.1) is 5.92 Å². The minimum absolute atomic E-state index is 0.133. The number of pyridine rings is 1. The number of benzene rings is 1. The molecule has 0 aliphatic carbocycles. The summed E-state index contributed by atoms with van der Waals surface area (Å²) in [5.74, 6) is -0.675. The number of anilines is 1. The third-order valence-corrected chi connectivity index (χ3v) is 4.18. The number of rotatable bonds is 3. The number of carbonyl (C=O) groups excluding carboxylic acids is 1. The van der Waals surface area contributed by atoms with Crippen molar-refractivity contribution >= 4 is 22.5 Å². The van der Waals surface area contributed by atoms with Crippen LogP contribution in [0.4, 0.5) is 18.9 Å². The number of fused-ring (bicyclic) bond motifs is 1. The molecule has 0 saturated carbocycles. The van der Waals surface area contributed by atoms with Crippen LogP contribution in [0.5, 0.6) is 0 Å². The second-order valence-electron chi connectivity index (χ2n) is 6.05. The van der Waals surface area contributed by atoms with Crippen LogP contribution < -0.4 is 5.32 Å². The fraction of sp³-hybridized carbons (Fsp3) is 0.412. The standard InChI is InChI=1S/C17H18F3N3O/c18-17(19,20)11-23-9-3-4-12(10-23)16(24)22-15-7-1-6-14-13(15)5-2-8-21-14/h1-2,5-8,12H,3-4,9-11H2,(H,22,24)/t12-/m0/s1. The molecule has 3 rings (SSSR count). The molecule has 1 aromatic carbocycles. The maximum Gasteiger partial charge on any atom is 0.401 e. The summed E-state index contributed by atoms with van der Waals surface area (Å²) in [5, 5.41) is 3.67. The first-order valence-electron chi connectivity index (χ1n) is 7.86. The number of hydrogen-bond acceptors (Lipinski definition) is 3. The van der Waals surface area contributed by atoms with Crippen molar-refractivity contribution in [3.63, 3.8) is 0 Å². The number of alkyl halides is 3. The molecule has 1 N–H and O–H groups in total. The number of likely N-dealkylation sites (tertiary alicyclic amines) is 1. The number of piperidine rings is 1. The maximum atomic E-state index is 12.5. The van der Waals surface area contributed by atoms with E-state index in [0.717, 1.165) is 10.9 Å². The summed E-state index contributed by atoms with van der Waals surface area (Å²) >= 11 is 0. The number of hydrogen-bond donors (Lipinski definition) is 1. The Kier molecular flexibility index (Phi) is 4.71. The Bertz CT molecular complexity index is 727. The average molecular weight is 337 g/mol. The van der Waals surface area contributed by atoms with Crippen LogP contribution in [0.25, 0.3) is 10.9 Å². The molecule has 0 bridgehead atoms. The maximum absolute atomic E-state index is 12.5. The smallest absolute Gasteiger partial charge is 0.325 e. The SMILES string of the molecule is O=C(Nc1cccc2ncccc12)[C@H]1CCCN(CC(F)(F)F)C1. The third-order valence-electron chi connectivity index (χ3n) is 4.18. The van der Waals surface area contributed by atoms with Gasteiger partial charge in [0.25, 0.3) is 0 Å². The predicted molar refractivity (Wildman–Crippen MR) is 85.6 cm³/mol. The Balaban J connectivity index is 1.70. The summed E-state index contributed by atoms with van der Waals surface area (Å²) < 4.78 is 37.6. The van der Waals surface area contributed by atoms with Gasteiger partial charge >= 0.3 is 6.18 Å². The number of aromatic nitrogens is 1. The monoisotopic (exact) mass is 337 g/mol. The first-order chi connectivity index (χ1) is 11.4. The number of halogens is 3. The van der Waals surface area contributed by atoms with Crippen molar-refractivity contribution in [2.45, 2.75) is 19.0 Å². The summed E-state index contributed by atoms with van der Waals surface area (Å²) in [5.41, 5.74) is 1.40. The molecule has 1 atom stereocenters. The van der Waals surface area contributed by atoms with Gasteiger partial charge in [0, 0.05) is 18.1 Å². The number of nitrogens with zero attached hydrogens (tertiary/aromatic N) is 2. The molecule has 0 unspecified atom stereocenters. The lowest BCUT2D eigenvalue weighted by Gasteiger charge is -2.32. The fourth-order valence-corrected chi connectivity index (χ4v) is 3.11. The van der Waals surface area contributed by atoms with Gasteiger partial charge in [0.15, 0.2) is 0 Å². The molecule has 7 heteroatoms. The van der Waals surface area contributed by atoms with E-state index < -0.39 is 18.6 Å². The molecular formula is C17H18F3N3O. The van der Waals surface area contributed by atoms with Gasteiger partial charge in [0.1, 0.15) is 0 Å². The lowest BCUT2D eigenvalue weighted by Crippen LogP contribution is -2.44. The van der Waals surface area contributed by atoms with E-state index in [-0.39, 0.29) is 12.5 Å². The molecule has 0 radical (unpaired) electrons. The molecule has 128 valence electrons. The summed E-state index contributed by atoms with van der Waals surface area (Å²) in [4.78, 5) is 18.0. The molecular weight excluding hydrogens is 319 g/mol. The van der Waals surface area contributed by atoms with Gasteiger partial charge < -0.3 is 5.32 Å². The number of nitrogens with one attached hydrogen (secondary N) is 1. The second-order valence-corrected chi connectivity index (χ2v) is 6.05. The number of amides is 1. The van der Waals surface area contributed by atoms with E-state index >= 15 is 0 Å². The Morgan fingerprint density at radius 2 is 2.12 bits per heavy atom. The molecule has 1 fully saturated rings. The van der Waals surface area contributed by atoms with Crippen LogP contribution in [-0.2, 0) is 4.79 Å². The van der Waals surface area contributed by atoms with Crippen molar-refractivity contribution in [1.29, 1.82) is 0 Å². The first kappa shape index (κ1) is 16.7. The zero-order chi connectivity index (χ0) is 17.2. The van der Waals surface area contributed by atoms with Crippen LogP contribution >= 0.6 is 0 Å². The Morgan fingerprint density at radius 1 is 1.29 bits per heavy atom. The summed E-state index contributed by atoms with van der Waals surface area (Å²) in [7, 11) is 0. The Hall–Kier alpha value is -2.15. The zero-order valence-electron chi connectivity index (χ0n) is 13.0. The predicted octanol–water partition coefficient (Wildman–Crippen LogP) is 3.45. The summed E-state index contributed by atoms with van der Waals surface area (Å²) in [6, 6.07) is 9.05. The van der Waals surface area contributed by atoms with Crippen molar-refractivity contribution < 1.29 is 18.0 Å². The van der Waals surface area contributed by atoms with Crippen molar-refractivity contribution in [2.24, 2.45) is 5.92 Å². The van der Waals surface area contributed by atoms with Gasteiger partial charge in [-0.1, -0.05) is 6.07 Å². The van der Waals surface area contributed by atoms with Crippen molar-refractivity contribution in [1.82, 2.24) is 9.88 Å². The highest BCUT2D eigenvalue weighted by molar-refractivity contribution is 6.01. The molecule has 24 heavy (non-hydrogen) atoms. The molecule has 1 aliphatic heterocycles. The molecule has 4 nitrogen and oxygen atoms in total. The third kappa shape index (κ3) is 4.03. The van der Waals surface area contributed by atoms with Crippen LogP contribution in [0.3, 0.4) is 0 Å². The van der Waals surface area contributed by atoms with Gasteiger partial charge in [-0.3, -0.25) is 14.7 Å². The molecule has 1 saturated heterocycles. The highest BCUT2D eigenvalue weighted by atomic mass is 19.4. The van der Waals surface area contributed by atoms with Crippen molar-refractivity contribution in [2.75, 3.05) is 25.0 Å². The molecule has 1 amide bonds. The lowest BCUT2D eigenvalue weighted by molar-refractivity contribution is -0.151. The molecule has 0 spiro atoms. The van der Waals surface area contributed by atoms with Crippen molar-refractivity contribution in [3.8, 4) is 0 Å². The topological polar surface area (TPSA) is 45.2 Å². The van der Waals surface area contributed by atoms with E-state index in [0.29, 0.717) is 25.1 Å². The van der Waals surface area contributed by atoms with Gasteiger partial charge in [-0.05, 0) is 43.7 Å². The van der Waals surface area contributed by atoms with E-state index in [1.165, 1.54) is 4.90 Å². The van der Waals surface area contributed by atoms with Crippen LogP contribution in [0.1, 0.15) is 12.8 Å². The van der Waals surface area contributed by atoms with Crippen molar-refractivity contribution in [3.05, 3.63) is 36.5 Å². The van der Waals surface area contributed by atoms with Crippen LogP contribution in [-0.4, -0.2) is 41.6 Å². The van der Waals surface area contributed by atoms with Gasteiger partial charge in [-0.15, -0.1) is 0 Å². The largest absolute Gasteiger partial charge is 0.401 e. The minimum Gasteiger partial charge on any atom is -0.325 e. The quantitative estimate of drug-likeness (QED) is 0.933. The summed E-state index contributed by atoms with van der Waals surface area (Å²) in [6.45, 7) is -0.454. The highest BCUT2D eigenvalue weighted by Crippen LogP contribution is 2.25. The first-order valence-corrected chi connectivity index (χ1v) is 7.86. The van der Waals surface area contributed by atoms with Crippen LogP contribution in [0.2, 0.25) is 0 Å². The van der Waals surface area contributed by atoms with Gasteiger partial charge in [0.05, 0.1) is 23.7 Å². The lowest BCUT2D eigenvalue weighted by atomic mass is 9.97. The van der Waals surface area contributed by atoms with E-state index in [4.69, 9.17) is 0 Å². The molecule has 2 heterocycles. The average Bonchev–Trinajstić information content (AvgIpc) is 2.54. The van der Waals surface area contributed by atoms with E-state index in [1.54, 1.807) is 24.4 Å². The summed E-state index contributed by atoms with van der Waals surface area (Å²) in [6.07, 6.45) is -1.38. The fourth-order valence-electron chi connectivity index (χ4n) is 3.11.